The number of oxime groups is 1. The quantitative estimate of drug-likeness (QED) is 0.472. The Morgan fingerprint density at radius 1 is 1.35 bits per heavy atom. The first-order valence-corrected chi connectivity index (χ1v) is 9.75. The van der Waals surface area contributed by atoms with Crippen LogP contribution in [0.15, 0.2) is 77.7 Å². The summed E-state index contributed by atoms with van der Waals surface area (Å²) in [5.74, 6) is 0.763. The number of halogens is 1. The van der Waals surface area contributed by atoms with Crippen LogP contribution in [0, 0.1) is 0 Å². The number of nitrogens with zero attached hydrogens (tertiary/aromatic N) is 3. The number of pyridine rings is 2. The summed E-state index contributed by atoms with van der Waals surface area (Å²) in [5, 5.41) is 4.18. The van der Waals surface area contributed by atoms with Gasteiger partial charge in [0, 0.05) is 42.4 Å². The highest BCUT2D eigenvalue weighted by atomic mass is 19.1. The fourth-order valence-corrected chi connectivity index (χ4v) is 3.01. The second-order valence-corrected chi connectivity index (χ2v) is 6.88. The normalized spacial score (nSPS) is 16.5. The third-order valence-electron chi connectivity index (χ3n) is 4.69. The molecule has 0 saturated carbocycles. The number of hydrogen-bond acceptors (Lipinski definition) is 7. The highest BCUT2D eigenvalue weighted by Crippen LogP contribution is 2.30. The molecule has 0 fully saturated rings. The summed E-state index contributed by atoms with van der Waals surface area (Å²) in [7, 11) is 1.47. The number of methoxy groups -OCH3 is 1. The van der Waals surface area contributed by atoms with Gasteiger partial charge in [-0.2, -0.15) is 0 Å². The zero-order valence-electron chi connectivity index (χ0n) is 17.5. The molecule has 8 heteroatoms. The second kappa shape index (κ2) is 10.4. The fraction of sp³-hybridized carbons (Fsp3) is 0.261. The Morgan fingerprint density at radius 2 is 2.19 bits per heavy atom. The van der Waals surface area contributed by atoms with Crippen LogP contribution >= 0.6 is 0 Å². The van der Waals surface area contributed by atoms with Crippen molar-refractivity contribution in [3.63, 3.8) is 0 Å². The molecule has 31 heavy (non-hydrogen) atoms. The molecule has 162 valence electrons. The number of nitrogen functional groups attached to an aromatic ring is 1. The number of anilines is 1. The molecule has 0 radical (unpaired) electrons. The molecule has 0 amide bonds. The van der Waals surface area contributed by atoms with E-state index in [1.165, 1.54) is 19.3 Å². The van der Waals surface area contributed by atoms with Gasteiger partial charge in [-0.25, -0.2) is 14.4 Å². The van der Waals surface area contributed by atoms with E-state index < -0.39 is 5.83 Å². The van der Waals surface area contributed by atoms with E-state index in [0.29, 0.717) is 35.9 Å². The van der Waals surface area contributed by atoms with Crippen LogP contribution in [0.25, 0.3) is 0 Å². The van der Waals surface area contributed by atoms with Gasteiger partial charge in [0.25, 0.3) is 0 Å². The van der Waals surface area contributed by atoms with Gasteiger partial charge in [0.1, 0.15) is 24.0 Å². The van der Waals surface area contributed by atoms with Crippen molar-refractivity contribution in [2.75, 3.05) is 19.5 Å². The minimum absolute atomic E-state index is 0.000336. The molecule has 0 bridgehead atoms. The Bertz CT molecular complexity index is 1020. The number of ether oxygens (including phenoxy) is 2. The Balaban J connectivity index is 1.56. The van der Waals surface area contributed by atoms with Gasteiger partial charge >= 0.3 is 0 Å². The second-order valence-electron chi connectivity index (χ2n) is 6.88. The van der Waals surface area contributed by atoms with Crippen LogP contribution in [0.5, 0.6) is 5.88 Å². The van der Waals surface area contributed by atoms with Crippen molar-refractivity contribution in [1.82, 2.24) is 9.97 Å². The third kappa shape index (κ3) is 5.91. The predicted molar refractivity (Wildman–Crippen MR) is 117 cm³/mol. The average molecular weight is 424 g/mol. The first-order chi connectivity index (χ1) is 15.0. The maximum absolute atomic E-state index is 14.0. The minimum atomic E-state index is -0.405. The lowest BCUT2D eigenvalue weighted by molar-refractivity contribution is 0.0860. The number of nitrogens with two attached hydrogens (primary N) is 1. The first kappa shape index (κ1) is 22.0. The highest BCUT2D eigenvalue weighted by molar-refractivity contribution is 5.87. The minimum Gasteiger partial charge on any atom is -0.497 e. The van der Waals surface area contributed by atoms with Gasteiger partial charge in [-0.05, 0) is 30.7 Å². The van der Waals surface area contributed by atoms with Crippen molar-refractivity contribution in [2.24, 2.45) is 5.16 Å². The molecule has 2 aromatic rings. The summed E-state index contributed by atoms with van der Waals surface area (Å²) in [6, 6.07) is 7.34. The maximum atomic E-state index is 14.0. The lowest BCUT2D eigenvalue weighted by Crippen LogP contribution is -2.07. The summed E-state index contributed by atoms with van der Waals surface area (Å²) in [5.41, 5.74) is 8.91. The monoisotopic (exact) mass is 424 g/mol. The SMILES string of the molecule is C=C(/C=C(COc1ccc(CC2=NOC(c3cccnc3N)C2)cn1)\C(F)=C/C)OC. The van der Waals surface area contributed by atoms with Crippen LogP contribution in [0.4, 0.5) is 10.2 Å². The summed E-state index contributed by atoms with van der Waals surface area (Å²) in [6.07, 6.45) is 7.19. The molecular weight excluding hydrogens is 399 g/mol. The molecule has 3 rings (SSSR count). The summed E-state index contributed by atoms with van der Waals surface area (Å²) >= 11 is 0. The summed E-state index contributed by atoms with van der Waals surface area (Å²) < 4.78 is 24.6. The molecule has 1 atom stereocenters. The number of allylic oxidation sites excluding steroid dienone is 2. The van der Waals surface area contributed by atoms with Crippen LogP contribution in [0.1, 0.15) is 30.6 Å². The number of rotatable bonds is 9. The molecule has 0 aliphatic carbocycles. The van der Waals surface area contributed by atoms with E-state index in [4.69, 9.17) is 20.0 Å². The zero-order chi connectivity index (χ0) is 22.2. The lowest BCUT2D eigenvalue weighted by atomic mass is 10.0. The average Bonchev–Trinajstić information content (AvgIpc) is 3.25. The molecule has 0 aromatic carbocycles. The molecule has 0 spiro atoms. The Morgan fingerprint density at radius 3 is 2.87 bits per heavy atom. The number of hydrogen-bond donors (Lipinski definition) is 1. The van der Waals surface area contributed by atoms with Crippen LogP contribution in [-0.4, -0.2) is 29.4 Å². The van der Waals surface area contributed by atoms with Gasteiger partial charge in [-0.15, -0.1) is 0 Å². The van der Waals surface area contributed by atoms with Crippen molar-refractivity contribution < 1.29 is 18.7 Å². The van der Waals surface area contributed by atoms with Gasteiger partial charge in [-0.3, -0.25) is 0 Å². The van der Waals surface area contributed by atoms with Gasteiger partial charge in [0.15, 0.2) is 6.10 Å². The largest absolute Gasteiger partial charge is 0.497 e. The van der Waals surface area contributed by atoms with E-state index in [0.717, 1.165) is 16.8 Å². The molecular formula is C23H25FN4O3. The van der Waals surface area contributed by atoms with Crippen molar-refractivity contribution in [2.45, 2.75) is 25.9 Å². The van der Waals surface area contributed by atoms with Gasteiger partial charge in [-0.1, -0.05) is 23.9 Å². The standard InChI is InChI=1S/C23H25FN4O3/c1-4-20(24)17(10-15(2)29-3)14-30-22-8-7-16(13-27-22)11-18-12-21(31-28-18)19-6-5-9-26-23(19)25/h4-10,13,21H,2,11-12,14H2,1,3H3,(H2,25,26)/b17-10-,20-4+. The van der Waals surface area contributed by atoms with Crippen molar-refractivity contribution in [1.29, 1.82) is 0 Å². The van der Waals surface area contributed by atoms with Crippen LogP contribution in [0.2, 0.25) is 0 Å². The highest BCUT2D eigenvalue weighted by Gasteiger charge is 2.25. The van der Waals surface area contributed by atoms with E-state index in [2.05, 4.69) is 21.7 Å². The van der Waals surface area contributed by atoms with Gasteiger partial charge in [0.2, 0.25) is 5.88 Å². The summed E-state index contributed by atoms with van der Waals surface area (Å²) in [6.45, 7) is 5.28. The van der Waals surface area contributed by atoms with Crippen LogP contribution in [-0.2, 0) is 16.0 Å². The molecule has 2 N–H and O–H groups in total. The Labute approximate surface area is 180 Å². The molecule has 0 saturated heterocycles. The molecule has 3 heterocycles. The van der Waals surface area contributed by atoms with Crippen LogP contribution in [0.3, 0.4) is 0 Å². The first-order valence-electron chi connectivity index (χ1n) is 9.75. The number of aromatic nitrogens is 2. The molecule has 1 aliphatic heterocycles. The van der Waals surface area contributed by atoms with E-state index >= 15 is 0 Å². The molecule has 1 unspecified atom stereocenters. The maximum Gasteiger partial charge on any atom is 0.213 e. The van der Waals surface area contributed by atoms with Crippen molar-refractivity contribution in [3.8, 4) is 5.88 Å². The van der Waals surface area contributed by atoms with Gasteiger partial charge < -0.3 is 20.0 Å². The van der Waals surface area contributed by atoms with Crippen molar-refractivity contribution in [3.05, 3.63) is 83.7 Å². The topological polar surface area (TPSA) is 91.9 Å². The molecule has 7 nitrogen and oxygen atoms in total. The zero-order valence-corrected chi connectivity index (χ0v) is 17.5. The fourth-order valence-electron chi connectivity index (χ4n) is 3.01. The van der Waals surface area contributed by atoms with E-state index in [1.807, 2.05) is 18.2 Å². The lowest BCUT2D eigenvalue weighted by Gasteiger charge is -2.10. The Kier molecular flexibility index (Phi) is 7.37. The molecule has 1 aliphatic rings. The van der Waals surface area contributed by atoms with E-state index in [1.54, 1.807) is 25.4 Å². The summed E-state index contributed by atoms with van der Waals surface area (Å²) in [4.78, 5) is 13.9. The van der Waals surface area contributed by atoms with Crippen LogP contribution < -0.4 is 10.5 Å². The Hall–Kier alpha value is -3.68. The predicted octanol–water partition coefficient (Wildman–Crippen LogP) is 4.46. The smallest absolute Gasteiger partial charge is 0.213 e. The molecule has 2 aromatic heterocycles. The van der Waals surface area contributed by atoms with Crippen molar-refractivity contribution >= 4 is 11.5 Å². The third-order valence-corrected chi connectivity index (χ3v) is 4.69. The van der Waals surface area contributed by atoms with E-state index in [9.17, 15) is 4.39 Å². The van der Waals surface area contributed by atoms with E-state index in [-0.39, 0.29) is 12.7 Å². The van der Waals surface area contributed by atoms with Gasteiger partial charge in [0.05, 0.1) is 12.8 Å².